The van der Waals surface area contributed by atoms with Crippen molar-refractivity contribution in [1.82, 2.24) is 0 Å². The zero-order valence-corrected chi connectivity index (χ0v) is 22.4. The van der Waals surface area contributed by atoms with Crippen LogP contribution in [0.25, 0.3) is 21.5 Å². The first-order valence-corrected chi connectivity index (χ1v) is 14.0. The molecule has 0 unspecified atom stereocenters. The smallest absolute Gasteiger partial charge is 0.311 e. The molecule has 0 fully saturated rings. The Kier molecular flexibility index (Phi) is 11.3. The molecule has 0 saturated heterocycles. The van der Waals surface area contributed by atoms with Crippen molar-refractivity contribution in [3.8, 4) is 11.5 Å². The van der Waals surface area contributed by atoms with Crippen LogP contribution in [0, 0.1) is 0 Å². The van der Waals surface area contributed by atoms with Crippen LogP contribution < -0.4 is 9.47 Å². The number of carbonyl (C=O) groups excluding carboxylic acids is 2. The van der Waals surface area contributed by atoms with Crippen molar-refractivity contribution in [2.75, 3.05) is 0 Å². The summed E-state index contributed by atoms with van der Waals surface area (Å²) in [5.74, 6) is 0.724. The van der Waals surface area contributed by atoms with E-state index in [0.29, 0.717) is 24.3 Å². The van der Waals surface area contributed by atoms with Crippen LogP contribution in [0.2, 0.25) is 0 Å². The van der Waals surface area contributed by atoms with Crippen LogP contribution in [0.5, 0.6) is 11.5 Å². The van der Waals surface area contributed by atoms with Crippen LogP contribution in [-0.4, -0.2) is 11.9 Å². The monoisotopic (exact) mass is 490 g/mol. The Morgan fingerprint density at radius 2 is 1.08 bits per heavy atom. The van der Waals surface area contributed by atoms with Gasteiger partial charge in [0.25, 0.3) is 0 Å². The average molecular weight is 491 g/mol. The minimum Gasteiger partial charge on any atom is -0.425 e. The zero-order valence-electron chi connectivity index (χ0n) is 22.4. The fourth-order valence-electron chi connectivity index (χ4n) is 4.80. The minimum absolute atomic E-state index is 0.208. The fourth-order valence-corrected chi connectivity index (χ4v) is 4.80. The highest BCUT2D eigenvalue weighted by Gasteiger charge is 2.21. The van der Waals surface area contributed by atoms with Crippen LogP contribution in [0.4, 0.5) is 0 Å². The summed E-state index contributed by atoms with van der Waals surface area (Å²) >= 11 is 0. The molecule has 0 bridgehead atoms. The number of fused-ring (bicyclic) bond motifs is 2. The fraction of sp³-hybridized carbons (Fsp3) is 0.500. The van der Waals surface area contributed by atoms with Crippen molar-refractivity contribution in [3.63, 3.8) is 0 Å². The molecule has 0 aromatic heterocycles. The highest BCUT2D eigenvalue weighted by atomic mass is 16.5. The van der Waals surface area contributed by atoms with E-state index in [-0.39, 0.29) is 11.9 Å². The standard InChI is InChI=1S/C32H42O4/c1-4-7-9-11-13-22-28(33)35-31-25-19-15-16-20-26(25)32(30-24(6-3)18-17-21-27(30)31)36-29(34)23-14-12-10-8-5-2/h15-21H,4-14,22-23H2,1-3H3. The summed E-state index contributed by atoms with van der Waals surface area (Å²) in [6.45, 7) is 6.46. The van der Waals surface area contributed by atoms with Gasteiger partial charge < -0.3 is 9.47 Å². The molecule has 0 N–H and O–H groups in total. The Morgan fingerprint density at radius 3 is 1.64 bits per heavy atom. The van der Waals surface area contributed by atoms with Crippen LogP contribution in [0.3, 0.4) is 0 Å². The number of rotatable bonds is 15. The van der Waals surface area contributed by atoms with E-state index in [1.807, 2.05) is 36.4 Å². The molecule has 4 heteroatoms. The number of benzene rings is 3. The van der Waals surface area contributed by atoms with Crippen LogP contribution in [0.1, 0.15) is 103 Å². The third-order valence-corrected chi connectivity index (χ3v) is 6.82. The SMILES string of the molecule is CCCCCCCC(=O)Oc1c2ccccc2c(OC(=O)CCCCCCC)c2c(CC)cccc12. The second-order valence-corrected chi connectivity index (χ2v) is 9.67. The maximum Gasteiger partial charge on any atom is 0.311 e. The molecule has 3 aromatic carbocycles. The molecule has 0 aliphatic carbocycles. The molecule has 3 aromatic rings. The van der Waals surface area contributed by atoms with Crippen molar-refractivity contribution >= 4 is 33.5 Å². The molecule has 0 aliphatic heterocycles. The van der Waals surface area contributed by atoms with Gasteiger partial charge in [-0.25, -0.2) is 0 Å². The van der Waals surface area contributed by atoms with Gasteiger partial charge in [0.2, 0.25) is 0 Å². The van der Waals surface area contributed by atoms with Crippen LogP contribution in [0.15, 0.2) is 42.5 Å². The lowest BCUT2D eigenvalue weighted by Crippen LogP contribution is -2.11. The molecule has 194 valence electrons. The third-order valence-electron chi connectivity index (χ3n) is 6.82. The Bertz CT molecular complexity index is 1150. The van der Waals surface area contributed by atoms with E-state index in [2.05, 4.69) is 26.8 Å². The van der Waals surface area contributed by atoms with E-state index in [0.717, 1.165) is 72.1 Å². The van der Waals surface area contributed by atoms with Gasteiger partial charge in [0, 0.05) is 34.4 Å². The number of ether oxygens (including phenoxy) is 2. The number of unbranched alkanes of at least 4 members (excludes halogenated alkanes) is 8. The first-order valence-electron chi connectivity index (χ1n) is 14.0. The molecule has 0 amide bonds. The normalized spacial score (nSPS) is 11.2. The van der Waals surface area contributed by atoms with Crippen molar-refractivity contribution < 1.29 is 19.1 Å². The Labute approximate surface area is 216 Å². The van der Waals surface area contributed by atoms with Gasteiger partial charge in [-0.05, 0) is 24.8 Å². The molecule has 0 heterocycles. The van der Waals surface area contributed by atoms with Gasteiger partial charge in [-0.15, -0.1) is 0 Å². The van der Waals surface area contributed by atoms with Gasteiger partial charge >= 0.3 is 11.9 Å². The molecule has 0 aliphatic rings. The maximum atomic E-state index is 12.9. The predicted octanol–water partition coefficient (Wildman–Crippen LogP) is 9.09. The largest absolute Gasteiger partial charge is 0.425 e. The van der Waals surface area contributed by atoms with E-state index in [1.165, 1.54) is 25.7 Å². The second kappa shape index (κ2) is 14.6. The van der Waals surface area contributed by atoms with E-state index < -0.39 is 0 Å². The average Bonchev–Trinajstić information content (AvgIpc) is 2.89. The predicted molar refractivity (Wildman–Crippen MR) is 149 cm³/mol. The zero-order chi connectivity index (χ0) is 25.8. The Morgan fingerprint density at radius 1 is 0.583 bits per heavy atom. The summed E-state index contributed by atoms with van der Waals surface area (Å²) in [4.78, 5) is 25.7. The van der Waals surface area contributed by atoms with Crippen molar-refractivity contribution in [3.05, 3.63) is 48.0 Å². The highest BCUT2D eigenvalue weighted by Crippen LogP contribution is 2.44. The number of carbonyl (C=O) groups is 2. The first kappa shape index (κ1) is 27.7. The first-order chi connectivity index (χ1) is 17.6. The summed E-state index contributed by atoms with van der Waals surface area (Å²) in [5.41, 5.74) is 1.07. The summed E-state index contributed by atoms with van der Waals surface area (Å²) in [6.07, 6.45) is 12.4. The number of hydrogen-bond donors (Lipinski definition) is 0. The van der Waals surface area contributed by atoms with Gasteiger partial charge in [-0.1, -0.05) is 115 Å². The van der Waals surface area contributed by atoms with Crippen LogP contribution in [-0.2, 0) is 16.0 Å². The summed E-state index contributed by atoms with van der Waals surface area (Å²) in [5, 5.41) is 3.28. The maximum absolute atomic E-state index is 12.9. The topological polar surface area (TPSA) is 52.6 Å². The lowest BCUT2D eigenvalue weighted by atomic mass is 9.96. The molecule has 0 atom stereocenters. The third kappa shape index (κ3) is 7.32. The summed E-state index contributed by atoms with van der Waals surface area (Å²) in [6, 6.07) is 13.8. The van der Waals surface area contributed by atoms with Gasteiger partial charge in [0.15, 0.2) is 0 Å². The van der Waals surface area contributed by atoms with E-state index in [1.54, 1.807) is 0 Å². The van der Waals surface area contributed by atoms with Gasteiger partial charge in [-0.3, -0.25) is 9.59 Å². The lowest BCUT2D eigenvalue weighted by Gasteiger charge is -2.18. The Hall–Kier alpha value is -2.88. The lowest BCUT2D eigenvalue weighted by molar-refractivity contribution is -0.135. The molecule has 0 spiro atoms. The Balaban J connectivity index is 1.93. The van der Waals surface area contributed by atoms with Crippen LogP contribution >= 0.6 is 0 Å². The van der Waals surface area contributed by atoms with E-state index in [4.69, 9.17) is 9.47 Å². The van der Waals surface area contributed by atoms with Crippen molar-refractivity contribution in [1.29, 1.82) is 0 Å². The second-order valence-electron chi connectivity index (χ2n) is 9.67. The van der Waals surface area contributed by atoms with Gasteiger partial charge in [-0.2, -0.15) is 0 Å². The quantitative estimate of drug-likeness (QED) is 0.0922. The molecular weight excluding hydrogens is 448 g/mol. The van der Waals surface area contributed by atoms with Gasteiger partial charge in [0.1, 0.15) is 11.5 Å². The van der Waals surface area contributed by atoms with E-state index in [9.17, 15) is 9.59 Å². The number of aryl methyl sites for hydroxylation is 1. The molecule has 3 rings (SSSR count). The molecule has 0 saturated carbocycles. The van der Waals surface area contributed by atoms with Crippen molar-refractivity contribution in [2.24, 2.45) is 0 Å². The minimum atomic E-state index is -0.211. The molecule has 4 nitrogen and oxygen atoms in total. The molecule has 0 radical (unpaired) electrons. The summed E-state index contributed by atoms with van der Waals surface area (Å²) in [7, 11) is 0. The highest BCUT2D eigenvalue weighted by molar-refractivity contribution is 6.13. The van der Waals surface area contributed by atoms with Crippen molar-refractivity contribution in [2.45, 2.75) is 104 Å². The van der Waals surface area contributed by atoms with Gasteiger partial charge in [0.05, 0.1) is 0 Å². The molecular formula is C32H42O4. The molecule has 36 heavy (non-hydrogen) atoms. The number of esters is 2. The van der Waals surface area contributed by atoms with E-state index >= 15 is 0 Å². The summed E-state index contributed by atoms with van der Waals surface area (Å²) < 4.78 is 12.1. The number of hydrogen-bond acceptors (Lipinski definition) is 4.